The minimum Gasteiger partial charge on any atom is -0.383 e. The van der Waals surface area contributed by atoms with Gasteiger partial charge in [-0.1, -0.05) is 30.3 Å². The molecule has 0 spiro atoms. The first-order valence-electron chi connectivity index (χ1n) is 9.78. The second-order valence-corrected chi connectivity index (χ2v) is 7.68. The number of anilines is 1. The number of piperazine rings is 1. The Labute approximate surface area is 165 Å². The van der Waals surface area contributed by atoms with E-state index in [0.717, 1.165) is 31.7 Å². The lowest BCUT2D eigenvalue weighted by molar-refractivity contribution is -0.0757. The molecule has 0 bridgehead atoms. The molecular formula is C21H26N6O. The Kier molecular flexibility index (Phi) is 5.27. The minimum absolute atomic E-state index is 0.0779. The van der Waals surface area contributed by atoms with Crippen LogP contribution in [0.15, 0.2) is 42.7 Å². The maximum atomic E-state index is 11.8. The van der Waals surface area contributed by atoms with Gasteiger partial charge in [0, 0.05) is 51.7 Å². The predicted octanol–water partition coefficient (Wildman–Crippen LogP) is 1.06. The molecule has 0 radical (unpaired) electrons. The Balaban J connectivity index is 1.67. The van der Waals surface area contributed by atoms with Gasteiger partial charge in [-0.3, -0.25) is 4.90 Å². The lowest BCUT2D eigenvalue weighted by atomic mass is 9.79. The fraction of sp³-hybridized carbons (Fsp3) is 0.476. The number of rotatable bonds is 3. The average molecular weight is 378 g/mol. The predicted molar refractivity (Wildman–Crippen MR) is 107 cm³/mol. The first-order chi connectivity index (χ1) is 13.6. The quantitative estimate of drug-likeness (QED) is 0.855. The van der Waals surface area contributed by atoms with Crippen molar-refractivity contribution in [2.45, 2.75) is 18.1 Å². The molecule has 7 nitrogen and oxygen atoms in total. The highest BCUT2D eigenvalue weighted by atomic mass is 16.3. The maximum Gasteiger partial charge on any atom is 0.183 e. The summed E-state index contributed by atoms with van der Waals surface area (Å²) in [6.45, 7) is 5.03. The number of hydrogen-bond donors (Lipinski definition) is 1. The molecule has 2 fully saturated rings. The van der Waals surface area contributed by atoms with Gasteiger partial charge in [0.15, 0.2) is 11.5 Å². The molecule has 28 heavy (non-hydrogen) atoms. The summed E-state index contributed by atoms with van der Waals surface area (Å²) in [6.07, 6.45) is 3.75. The zero-order valence-corrected chi connectivity index (χ0v) is 16.2. The van der Waals surface area contributed by atoms with Crippen molar-refractivity contribution in [3.8, 4) is 6.07 Å². The van der Waals surface area contributed by atoms with E-state index in [9.17, 15) is 10.4 Å². The summed E-state index contributed by atoms with van der Waals surface area (Å²) in [5.41, 5.74) is 0.367. The van der Waals surface area contributed by atoms with Gasteiger partial charge in [-0.2, -0.15) is 5.26 Å². The molecule has 1 aromatic heterocycles. The highest BCUT2D eigenvalue weighted by molar-refractivity contribution is 5.50. The Bertz CT molecular complexity index is 845. The second-order valence-electron chi connectivity index (χ2n) is 7.68. The van der Waals surface area contributed by atoms with Crippen molar-refractivity contribution in [1.82, 2.24) is 19.8 Å². The van der Waals surface area contributed by atoms with E-state index in [1.54, 1.807) is 12.4 Å². The van der Waals surface area contributed by atoms with E-state index in [4.69, 9.17) is 0 Å². The van der Waals surface area contributed by atoms with Crippen molar-refractivity contribution in [2.75, 3.05) is 51.2 Å². The molecule has 146 valence electrons. The molecule has 0 aliphatic carbocycles. The third-order valence-corrected chi connectivity index (χ3v) is 6.04. The van der Waals surface area contributed by atoms with Crippen molar-refractivity contribution < 1.29 is 5.11 Å². The van der Waals surface area contributed by atoms with Crippen LogP contribution < -0.4 is 4.90 Å². The number of hydrogen-bond acceptors (Lipinski definition) is 7. The fourth-order valence-electron chi connectivity index (χ4n) is 4.37. The maximum absolute atomic E-state index is 11.8. The number of benzene rings is 1. The van der Waals surface area contributed by atoms with Crippen molar-refractivity contribution in [2.24, 2.45) is 0 Å². The highest BCUT2D eigenvalue weighted by Crippen LogP contribution is 2.37. The van der Waals surface area contributed by atoms with E-state index in [1.165, 1.54) is 0 Å². The molecule has 2 atom stereocenters. The summed E-state index contributed by atoms with van der Waals surface area (Å²) in [7, 11) is 2.13. The highest BCUT2D eigenvalue weighted by Gasteiger charge is 2.46. The molecule has 4 rings (SSSR count). The topological polar surface area (TPSA) is 79.5 Å². The van der Waals surface area contributed by atoms with Crippen LogP contribution in [0.25, 0.3) is 0 Å². The molecule has 2 aromatic rings. The van der Waals surface area contributed by atoms with Gasteiger partial charge >= 0.3 is 0 Å². The summed E-state index contributed by atoms with van der Waals surface area (Å²) < 4.78 is 0. The Hall–Kier alpha value is -2.53. The SMILES string of the molecule is CN1CCN([C@@H]2CN(c3nccnc3C#N)CC[C@]2(O)c2ccccc2)CC1. The number of nitrogens with zero attached hydrogens (tertiary/aromatic N) is 6. The van der Waals surface area contributed by atoms with E-state index in [1.807, 2.05) is 30.3 Å². The Morgan fingerprint density at radius 1 is 1.07 bits per heavy atom. The summed E-state index contributed by atoms with van der Waals surface area (Å²) in [6, 6.07) is 12.0. The number of aliphatic hydroxyl groups is 1. The van der Waals surface area contributed by atoms with Crippen molar-refractivity contribution in [3.05, 3.63) is 54.0 Å². The van der Waals surface area contributed by atoms with Crippen molar-refractivity contribution >= 4 is 5.82 Å². The fourth-order valence-corrected chi connectivity index (χ4v) is 4.37. The van der Waals surface area contributed by atoms with E-state index in [0.29, 0.717) is 31.0 Å². The van der Waals surface area contributed by atoms with E-state index < -0.39 is 5.60 Å². The molecule has 3 heterocycles. The summed E-state index contributed by atoms with van der Waals surface area (Å²) >= 11 is 0. The van der Waals surface area contributed by atoms with E-state index in [-0.39, 0.29) is 6.04 Å². The first-order valence-corrected chi connectivity index (χ1v) is 9.78. The summed E-state index contributed by atoms with van der Waals surface area (Å²) in [4.78, 5) is 15.4. The van der Waals surface area contributed by atoms with Crippen LogP contribution in [0.2, 0.25) is 0 Å². The van der Waals surface area contributed by atoms with Gasteiger partial charge in [0.05, 0.1) is 6.04 Å². The number of nitriles is 1. The molecule has 2 aliphatic rings. The van der Waals surface area contributed by atoms with Gasteiger partial charge in [0.2, 0.25) is 0 Å². The number of aromatic nitrogens is 2. The molecule has 0 amide bonds. The third-order valence-electron chi connectivity index (χ3n) is 6.04. The van der Waals surface area contributed by atoms with Crippen LogP contribution in [0.5, 0.6) is 0 Å². The summed E-state index contributed by atoms with van der Waals surface area (Å²) in [5, 5.41) is 21.3. The third kappa shape index (κ3) is 3.47. The first kappa shape index (κ1) is 18.8. The second kappa shape index (κ2) is 7.84. The van der Waals surface area contributed by atoms with Crippen LogP contribution in [0, 0.1) is 11.3 Å². The number of likely N-dealkylation sites (N-methyl/N-ethyl adjacent to an activating group) is 1. The van der Waals surface area contributed by atoms with E-state index in [2.05, 4.69) is 37.8 Å². The Morgan fingerprint density at radius 3 is 2.50 bits per heavy atom. The lowest BCUT2D eigenvalue weighted by Crippen LogP contribution is -2.64. The molecular weight excluding hydrogens is 352 g/mol. The van der Waals surface area contributed by atoms with Crippen molar-refractivity contribution in [1.29, 1.82) is 5.26 Å². The standard InChI is InChI=1S/C21H26N6O/c1-25-11-13-26(14-12-25)19-16-27(20-18(15-22)23-8-9-24-20)10-7-21(19,28)17-5-3-2-4-6-17/h2-6,8-9,19,28H,7,10-14,16H2,1H3/t19-,21+/m1/s1. The monoisotopic (exact) mass is 378 g/mol. The molecule has 1 aromatic carbocycles. The zero-order valence-electron chi connectivity index (χ0n) is 16.2. The lowest BCUT2D eigenvalue weighted by Gasteiger charge is -2.51. The molecule has 2 saturated heterocycles. The molecule has 7 heteroatoms. The van der Waals surface area contributed by atoms with E-state index >= 15 is 0 Å². The van der Waals surface area contributed by atoms with Gasteiger partial charge in [-0.25, -0.2) is 9.97 Å². The van der Waals surface area contributed by atoms with Gasteiger partial charge in [0.25, 0.3) is 0 Å². The Morgan fingerprint density at radius 2 is 1.79 bits per heavy atom. The van der Waals surface area contributed by atoms with Gasteiger partial charge in [-0.05, 0) is 19.0 Å². The zero-order chi connectivity index (χ0) is 19.6. The van der Waals surface area contributed by atoms with Gasteiger partial charge in [-0.15, -0.1) is 0 Å². The normalized spacial score (nSPS) is 26.8. The summed E-state index contributed by atoms with van der Waals surface area (Å²) in [5.74, 6) is 0.610. The molecule has 2 aliphatic heterocycles. The smallest absolute Gasteiger partial charge is 0.183 e. The van der Waals surface area contributed by atoms with Gasteiger partial charge in [0.1, 0.15) is 11.7 Å². The number of piperidine rings is 1. The van der Waals surface area contributed by atoms with Crippen molar-refractivity contribution in [3.63, 3.8) is 0 Å². The molecule has 1 N–H and O–H groups in total. The van der Waals surface area contributed by atoms with Crippen LogP contribution >= 0.6 is 0 Å². The van der Waals surface area contributed by atoms with Crippen LogP contribution in [0.3, 0.4) is 0 Å². The van der Waals surface area contributed by atoms with Gasteiger partial charge < -0.3 is 14.9 Å². The average Bonchev–Trinajstić information content (AvgIpc) is 2.75. The molecule has 0 unspecified atom stereocenters. The van der Waals surface area contributed by atoms with Crippen LogP contribution in [0.4, 0.5) is 5.82 Å². The van der Waals surface area contributed by atoms with Crippen LogP contribution in [-0.2, 0) is 5.60 Å². The minimum atomic E-state index is -0.928. The molecule has 0 saturated carbocycles. The van der Waals surface area contributed by atoms with Crippen LogP contribution in [0.1, 0.15) is 17.7 Å². The largest absolute Gasteiger partial charge is 0.383 e. The van der Waals surface area contributed by atoms with Crippen LogP contribution in [-0.4, -0.2) is 77.2 Å².